The fourth-order valence-electron chi connectivity index (χ4n) is 8.53. The third-order valence-electron chi connectivity index (χ3n) is 11.5. The summed E-state index contributed by atoms with van der Waals surface area (Å²) in [7, 11) is 0. The van der Waals surface area contributed by atoms with Crippen molar-refractivity contribution < 1.29 is 0 Å². The van der Waals surface area contributed by atoms with Gasteiger partial charge in [-0.25, -0.2) is 9.97 Å². The summed E-state index contributed by atoms with van der Waals surface area (Å²) in [6, 6.07) is 70.6. The van der Waals surface area contributed by atoms with Crippen LogP contribution in [0, 0.1) is 0 Å². The van der Waals surface area contributed by atoms with Gasteiger partial charge in [-0.1, -0.05) is 170 Å². The summed E-state index contributed by atoms with van der Waals surface area (Å²) in [5.74, 6) is 3.61. The zero-order valence-electron chi connectivity index (χ0n) is 33.2. The number of rotatable bonds is 7. The number of aromatic nitrogens is 8. The van der Waals surface area contributed by atoms with E-state index in [-0.39, 0.29) is 0 Å². The van der Waals surface area contributed by atoms with Crippen molar-refractivity contribution in [2.45, 2.75) is 0 Å². The number of hydrogen-bond acceptors (Lipinski definition) is 6. The summed E-state index contributed by atoms with van der Waals surface area (Å²) < 4.78 is 4.32. The Morgan fingerprint density at radius 1 is 0.226 bits per heavy atom. The second-order valence-electron chi connectivity index (χ2n) is 15.2. The molecule has 12 aromatic rings. The average Bonchev–Trinajstić information content (AvgIpc) is 3.87. The fraction of sp³-hybridized carbons (Fsp3) is 0. The fourth-order valence-corrected chi connectivity index (χ4v) is 8.53. The van der Waals surface area contributed by atoms with Crippen molar-refractivity contribution in [3.05, 3.63) is 206 Å². The zero-order valence-corrected chi connectivity index (χ0v) is 33.2. The first kappa shape index (κ1) is 35.3. The summed E-state index contributed by atoms with van der Waals surface area (Å²) >= 11 is 0. The highest BCUT2D eigenvalue weighted by atomic mass is 15.2. The summed E-state index contributed by atoms with van der Waals surface area (Å²) in [5, 5.41) is 4.44. The van der Waals surface area contributed by atoms with E-state index in [0.717, 1.165) is 77.0 Å². The molecule has 62 heavy (non-hydrogen) atoms. The average molecular weight is 795 g/mol. The maximum absolute atomic E-state index is 5.11. The molecule has 0 radical (unpaired) electrons. The molecular formula is C54H34N8. The summed E-state index contributed by atoms with van der Waals surface area (Å²) in [6.07, 6.45) is 0. The summed E-state index contributed by atoms with van der Waals surface area (Å²) in [4.78, 5) is 30.4. The highest BCUT2D eigenvalue weighted by Gasteiger charge is 2.21. The quantitative estimate of drug-likeness (QED) is 0.160. The largest absolute Gasteiger partial charge is 0.278 e. The molecule has 0 saturated carbocycles. The highest BCUT2D eigenvalue weighted by Crippen LogP contribution is 2.38. The van der Waals surface area contributed by atoms with Crippen molar-refractivity contribution in [2.24, 2.45) is 0 Å². The molecule has 0 amide bonds. The second kappa shape index (κ2) is 14.6. The molecule has 8 heteroatoms. The lowest BCUT2D eigenvalue weighted by Gasteiger charge is -2.11. The van der Waals surface area contributed by atoms with E-state index in [2.05, 4.69) is 94.1 Å². The normalized spacial score (nSPS) is 11.5. The first-order valence-electron chi connectivity index (χ1n) is 20.5. The molecule has 0 saturated heterocycles. The van der Waals surface area contributed by atoms with E-state index in [0.29, 0.717) is 35.2 Å². The Balaban J connectivity index is 1.02. The van der Waals surface area contributed by atoms with Crippen LogP contribution in [-0.2, 0) is 0 Å². The summed E-state index contributed by atoms with van der Waals surface area (Å²) in [6.45, 7) is 0. The van der Waals surface area contributed by atoms with Crippen molar-refractivity contribution in [1.82, 2.24) is 39.0 Å². The van der Waals surface area contributed by atoms with E-state index in [1.165, 1.54) is 0 Å². The molecule has 290 valence electrons. The molecule has 0 bridgehead atoms. The molecule has 0 N–H and O–H groups in total. The van der Waals surface area contributed by atoms with Crippen molar-refractivity contribution in [3.63, 3.8) is 0 Å². The van der Waals surface area contributed by atoms with Crippen LogP contribution in [0.25, 0.3) is 112 Å². The Kier molecular flexibility index (Phi) is 8.31. The van der Waals surface area contributed by atoms with Gasteiger partial charge in [0.15, 0.2) is 23.3 Å². The van der Waals surface area contributed by atoms with Gasteiger partial charge in [-0.3, -0.25) is 9.13 Å². The Morgan fingerprint density at radius 2 is 0.516 bits per heavy atom. The summed E-state index contributed by atoms with van der Waals surface area (Å²) in [5.41, 5.74) is 9.96. The number of benzene rings is 8. The number of fused-ring (bicyclic) bond motifs is 6. The Hall–Kier alpha value is -8.62. The van der Waals surface area contributed by atoms with Gasteiger partial charge in [0.05, 0.1) is 22.1 Å². The predicted molar refractivity (Wildman–Crippen MR) is 249 cm³/mol. The molecule has 8 nitrogen and oxygen atoms in total. The van der Waals surface area contributed by atoms with Crippen molar-refractivity contribution in [2.75, 3.05) is 0 Å². The van der Waals surface area contributed by atoms with E-state index >= 15 is 0 Å². The molecule has 0 spiro atoms. The van der Waals surface area contributed by atoms with Gasteiger partial charge in [0.2, 0.25) is 11.9 Å². The molecule has 0 unspecified atom stereocenters. The lowest BCUT2D eigenvalue weighted by atomic mass is 10.0. The van der Waals surface area contributed by atoms with Gasteiger partial charge >= 0.3 is 0 Å². The predicted octanol–water partition coefficient (Wildman–Crippen LogP) is 12.6. The maximum atomic E-state index is 5.11. The van der Waals surface area contributed by atoms with Crippen molar-refractivity contribution >= 4 is 43.6 Å². The molecule has 0 fully saturated rings. The molecule has 0 aliphatic rings. The van der Waals surface area contributed by atoms with Gasteiger partial charge < -0.3 is 0 Å². The second-order valence-corrected chi connectivity index (χ2v) is 15.2. The third-order valence-corrected chi connectivity index (χ3v) is 11.5. The number of hydrogen-bond donors (Lipinski definition) is 0. The van der Waals surface area contributed by atoms with Crippen molar-refractivity contribution in [1.29, 1.82) is 0 Å². The van der Waals surface area contributed by atoms with Gasteiger partial charge in [0.1, 0.15) is 0 Å². The van der Waals surface area contributed by atoms with E-state index in [1.54, 1.807) is 0 Å². The van der Waals surface area contributed by atoms with Gasteiger partial charge in [-0.05, 0) is 47.5 Å². The van der Waals surface area contributed by atoms with Crippen LogP contribution in [0.4, 0.5) is 0 Å². The Labute approximate surface area is 356 Å². The first-order valence-corrected chi connectivity index (χ1v) is 20.5. The Bertz CT molecular complexity index is 3260. The van der Waals surface area contributed by atoms with Crippen LogP contribution in [0.1, 0.15) is 0 Å². The molecular weight excluding hydrogens is 761 g/mol. The molecule has 0 aliphatic carbocycles. The molecule has 4 heterocycles. The number of nitrogens with zero attached hydrogens (tertiary/aromatic N) is 8. The molecule has 4 aromatic heterocycles. The van der Waals surface area contributed by atoms with Crippen LogP contribution in [0.2, 0.25) is 0 Å². The molecule has 0 aliphatic heterocycles. The monoisotopic (exact) mass is 794 g/mol. The topological polar surface area (TPSA) is 87.2 Å². The Morgan fingerprint density at radius 3 is 0.855 bits per heavy atom. The lowest BCUT2D eigenvalue weighted by molar-refractivity contribution is 0.953. The molecule has 0 atom stereocenters. The van der Waals surface area contributed by atoms with Crippen LogP contribution < -0.4 is 0 Å². The van der Waals surface area contributed by atoms with Gasteiger partial charge in [0, 0.05) is 43.8 Å². The molecule has 8 aromatic carbocycles. The minimum absolute atomic E-state index is 0.565. The van der Waals surface area contributed by atoms with Crippen LogP contribution >= 0.6 is 0 Å². The highest BCUT2D eigenvalue weighted by molar-refractivity contribution is 6.12. The van der Waals surface area contributed by atoms with E-state index in [4.69, 9.17) is 29.9 Å². The maximum Gasteiger partial charge on any atom is 0.238 e. The van der Waals surface area contributed by atoms with Gasteiger partial charge in [-0.2, -0.15) is 19.9 Å². The SMILES string of the molecule is c1ccc(-c2nc(-c3ccccc3)nc(-n3c4ccccc4c4cc(-c5ccc6c(c5)c5ccccc5n6-c5nc(-c6ccccc6)nc(-c6ccccc6)n5)ccc43)n2)cc1. The lowest BCUT2D eigenvalue weighted by Crippen LogP contribution is -2.06. The zero-order chi connectivity index (χ0) is 41.0. The third kappa shape index (κ3) is 6.00. The van der Waals surface area contributed by atoms with Crippen LogP contribution in [0.5, 0.6) is 0 Å². The van der Waals surface area contributed by atoms with Crippen LogP contribution in [0.15, 0.2) is 206 Å². The molecule has 12 rings (SSSR count). The minimum Gasteiger partial charge on any atom is -0.278 e. The standard InChI is InChI=1S/C54H34N8/c1-5-17-35(18-6-1)49-55-50(36-19-7-2-8-20-36)58-53(57-49)61-45-27-15-13-25-41(45)43-33-39(29-31-47(43)61)40-30-32-48-44(34-40)42-26-14-16-28-46(42)62(48)54-59-51(37-21-9-3-10-22-37)56-52(60-54)38-23-11-4-12-24-38/h1-34H. The van der Waals surface area contributed by atoms with Crippen molar-refractivity contribution in [3.8, 4) is 68.6 Å². The van der Waals surface area contributed by atoms with Gasteiger partial charge in [-0.15, -0.1) is 0 Å². The van der Waals surface area contributed by atoms with E-state index in [1.807, 2.05) is 121 Å². The first-order chi connectivity index (χ1) is 30.7. The smallest absolute Gasteiger partial charge is 0.238 e. The van der Waals surface area contributed by atoms with Crippen LogP contribution in [0.3, 0.4) is 0 Å². The van der Waals surface area contributed by atoms with Gasteiger partial charge in [0.25, 0.3) is 0 Å². The number of para-hydroxylation sites is 2. The van der Waals surface area contributed by atoms with Crippen LogP contribution in [-0.4, -0.2) is 39.0 Å². The van der Waals surface area contributed by atoms with E-state index in [9.17, 15) is 0 Å². The van der Waals surface area contributed by atoms with E-state index < -0.39 is 0 Å². The minimum atomic E-state index is 0.565.